The Morgan fingerprint density at radius 2 is 1.96 bits per heavy atom. The van der Waals surface area contributed by atoms with E-state index in [1.807, 2.05) is 0 Å². The molecule has 0 aromatic heterocycles. The number of amides is 1. The highest BCUT2D eigenvalue weighted by atomic mass is 19.1. The normalized spacial score (nSPS) is 28.5. The number of hydrogen-bond acceptors (Lipinski definition) is 4. The van der Waals surface area contributed by atoms with Crippen LogP contribution in [0.2, 0.25) is 0 Å². The molecule has 1 aromatic rings. The van der Waals surface area contributed by atoms with Gasteiger partial charge in [0.25, 0.3) is 5.91 Å². The Bertz CT molecular complexity index is 633. The molecule has 1 amide bonds. The first kappa shape index (κ1) is 15.8. The molecule has 2 fully saturated rings. The fraction of sp³-hybridized carbons (Fsp3) is 0.529. The van der Waals surface area contributed by atoms with E-state index in [1.54, 1.807) is 0 Å². The van der Waals surface area contributed by atoms with Gasteiger partial charge in [0.05, 0.1) is 25.7 Å². The molecule has 124 valence electrons. The second-order valence-corrected chi connectivity index (χ2v) is 6.23. The van der Waals surface area contributed by atoms with Crippen LogP contribution in [-0.4, -0.2) is 32.1 Å². The molecule has 0 unspecified atom stereocenters. The van der Waals surface area contributed by atoms with E-state index in [1.165, 1.54) is 32.4 Å². The summed E-state index contributed by atoms with van der Waals surface area (Å²) < 4.78 is 23.8. The molecule has 6 heteroatoms. The number of carbonyl (C=O) groups excluding carboxylic acids is 2. The van der Waals surface area contributed by atoms with Crippen molar-refractivity contribution in [2.75, 3.05) is 14.2 Å². The second kappa shape index (κ2) is 6.18. The zero-order valence-corrected chi connectivity index (χ0v) is 13.2. The quantitative estimate of drug-likeness (QED) is 0.863. The molecule has 2 aliphatic carbocycles. The van der Waals surface area contributed by atoms with Crippen LogP contribution in [0.3, 0.4) is 0 Å². The summed E-state index contributed by atoms with van der Waals surface area (Å²) >= 11 is 0. The van der Waals surface area contributed by atoms with E-state index in [2.05, 4.69) is 5.32 Å². The van der Waals surface area contributed by atoms with Gasteiger partial charge in [-0.25, -0.2) is 4.39 Å². The molecular formula is C17H20FNO4. The summed E-state index contributed by atoms with van der Waals surface area (Å²) in [6.45, 7) is 0. The number of ether oxygens (including phenoxy) is 2. The zero-order valence-electron chi connectivity index (χ0n) is 13.2. The van der Waals surface area contributed by atoms with Gasteiger partial charge >= 0.3 is 5.97 Å². The SMILES string of the molecule is COC(=O)[C@@H]1[C@H]2CC[C@@H](C2)[C@@H]1NC(=O)c1ccc(OC)cc1F. The van der Waals surface area contributed by atoms with E-state index < -0.39 is 11.7 Å². The van der Waals surface area contributed by atoms with Gasteiger partial charge in [0.15, 0.2) is 0 Å². The summed E-state index contributed by atoms with van der Waals surface area (Å²) in [5.41, 5.74) is -0.0443. The van der Waals surface area contributed by atoms with E-state index >= 15 is 0 Å². The number of benzene rings is 1. The molecule has 0 aliphatic heterocycles. The lowest BCUT2D eigenvalue weighted by Crippen LogP contribution is -2.47. The number of esters is 1. The maximum atomic E-state index is 14.0. The summed E-state index contributed by atoms with van der Waals surface area (Å²) in [6.07, 6.45) is 2.87. The van der Waals surface area contributed by atoms with Crippen LogP contribution in [0.15, 0.2) is 18.2 Å². The van der Waals surface area contributed by atoms with Gasteiger partial charge in [0.1, 0.15) is 11.6 Å². The molecule has 0 spiro atoms. The zero-order chi connectivity index (χ0) is 16.6. The summed E-state index contributed by atoms with van der Waals surface area (Å²) in [5.74, 6) is -0.905. The van der Waals surface area contributed by atoms with E-state index in [-0.39, 0.29) is 35.3 Å². The van der Waals surface area contributed by atoms with Gasteiger partial charge < -0.3 is 14.8 Å². The van der Waals surface area contributed by atoms with Crippen LogP contribution in [0.4, 0.5) is 4.39 Å². The van der Waals surface area contributed by atoms with E-state index in [9.17, 15) is 14.0 Å². The molecule has 0 radical (unpaired) electrons. The Labute approximate surface area is 134 Å². The molecule has 5 nitrogen and oxygen atoms in total. The number of methoxy groups -OCH3 is 2. The van der Waals surface area contributed by atoms with Crippen molar-refractivity contribution in [3.63, 3.8) is 0 Å². The van der Waals surface area contributed by atoms with Crippen LogP contribution in [0.5, 0.6) is 5.75 Å². The van der Waals surface area contributed by atoms with Crippen molar-refractivity contribution in [1.29, 1.82) is 0 Å². The van der Waals surface area contributed by atoms with Gasteiger partial charge in [-0.2, -0.15) is 0 Å². The largest absolute Gasteiger partial charge is 0.497 e. The van der Waals surface area contributed by atoms with Crippen molar-refractivity contribution in [2.24, 2.45) is 17.8 Å². The lowest BCUT2D eigenvalue weighted by atomic mass is 9.84. The monoisotopic (exact) mass is 321 g/mol. The average molecular weight is 321 g/mol. The molecular weight excluding hydrogens is 301 g/mol. The highest BCUT2D eigenvalue weighted by Gasteiger charge is 2.52. The fourth-order valence-electron chi connectivity index (χ4n) is 4.01. The number of carbonyl (C=O) groups is 2. The van der Waals surface area contributed by atoms with E-state index in [0.717, 1.165) is 19.3 Å². The average Bonchev–Trinajstić information content (AvgIpc) is 3.15. The van der Waals surface area contributed by atoms with Gasteiger partial charge in [-0.3, -0.25) is 9.59 Å². The minimum Gasteiger partial charge on any atom is -0.497 e. The lowest BCUT2D eigenvalue weighted by molar-refractivity contribution is -0.148. The highest BCUT2D eigenvalue weighted by molar-refractivity contribution is 5.95. The molecule has 2 saturated carbocycles. The molecule has 0 heterocycles. The smallest absolute Gasteiger partial charge is 0.311 e. The Balaban J connectivity index is 1.78. The number of rotatable bonds is 4. The minimum atomic E-state index is -0.639. The molecule has 1 N–H and O–H groups in total. The topological polar surface area (TPSA) is 64.6 Å². The van der Waals surface area contributed by atoms with Crippen LogP contribution < -0.4 is 10.1 Å². The van der Waals surface area contributed by atoms with Crippen LogP contribution in [0, 0.1) is 23.6 Å². The molecule has 1 aromatic carbocycles. The molecule has 0 saturated heterocycles. The van der Waals surface area contributed by atoms with Crippen LogP contribution in [0.25, 0.3) is 0 Å². The highest BCUT2D eigenvalue weighted by Crippen LogP contribution is 2.49. The van der Waals surface area contributed by atoms with Crippen molar-refractivity contribution in [3.05, 3.63) is 29.6 Å². The molecule has 4 atom stereocenters. The van der Waals surface area contributed by atoms with Crippen LogP contribution in [0.1, 0.15) is 29.6 Å². The fourth-order valence-corrected chi connectivity index (χ4v) is 4.01. The van der Waals surface area contributed by atoms with E-state index in [0.29, 0.717) is 5.75 Å². The first-order valence-corrected chi connectivity index (χ1v) is 7.77. The van der Waals surface area contributed by atoms with Crippen molar-refractivity contribution in [2.45, 2.75) is 25.3 Å². The third-order valence-electron chi connectivity index (χ3n) is 5.11. The Morgan fingerprint density at radius 3 is 2.61 bits per heavy atom. The standard InChI is InChI=1S/C17H20FNO4/c1-22-11-5-6-12(13(18)8-11)16(20)19-15-10-4-3-9(7-10)14(15)17(21)23-2/h5-6,8-10,14-15H,3-4,7H2,1-2H3,(H,19,20)/t9-,10-,14+,15-/m0/s1. The predicted molar refractivity (Wildman–Crippen MR) is 80.5 cm³/mol. The van der Waals surface area contributed by atoms with Gasteiger partial charge in [0, 0.05) is 12.1 Å². The first-order chi connectivity index (χ1) is 11.0. The minimum absolute atomic E-state index is 0.0443. The Hall–Kier alpha value is -2.11. The van der Waals surface area contributed by atoms with Gasteiger partial charge in [0.2, 0.25) is 0 Å². The first-order valence-electron chi connectivity index (χ1n) is 7.77. The second-order valence-electron chi connectivity index (χ2n) is 6.23. The van der Waals surface area contributed by atoms with Gasteiger partial charge in [-0.1, -0.05) is 0 Å². The van der Waals surface area contributed by atoms with Crippen molar-refractivity contribution < 1.29 is 23.5 Å². The Kier molecular flexibility index (Phi) is 4.24. The maximum absolute atomic E-state index is 14.0. The van der Waals surface area contributed by atoms with Crippen LogP contribution >= 0.6 is 0 Å². The van der Waals surface area contributed by atoms with Crippen LogP contribution in [-0.2, 0) is 9.53 Å². The third kappa shape index (κ3) is 2.78. The predicted octanol–water partition coefficient (Wildman–Crippen LogP) is 2.15. The molecule has 2 aliphatic rings. The summed E-state index contributed by atoms with van der Waals surface area (Å²) in [7, 11) is 2.79. The van der Waals surface area contributed by atoms with Gasteiger partial charge in [-0.05, 0) is 43.2 Å². The van der Waals surface area contributed by atoms with Crippen molar-refractivity contribution in [3.8, 4) is 5.75 Å². The molecule has 23 heavy (non-hydrogen) atoms. The summed E-state index contributed by atoms with van der Waals surface area (Å²) in [5, 5.41) is 2.85. The molecule has 3 rings (SSSR count). The van der Waals surface area contributed by atoms with E-state index in [4.69, 9.17) is 9.47 Å². The van der Waals surface area contributed by atoms with Gasteiger partial charge in [-0.15, -0.1) is 0 Å². The maximum Gasteiger partial charge on any atom is 0.311 e. The van der Waals surface area contributed by atoms with Crippen molar-refractivity contribution in [1.82, 2.24) is 5.32 Å². The lowest BCUT2D eigenvalue weighted by Gasteiger charge is -2.29. The van der Waals surface area contributed by atoms with Crippen molar-refractivity contribution >= 4 is 11.9 Å². The number of halogens is 1. The Morgan fingerprint density at radius 1 is 1.22 bits per heavy atom. The molecule has 2 bridgehead atoms. The number of fused-ring (bicyclic) bond motifs is 2. The summed E-state index contributed by atoms with van der Waals surface area (Å²) in [6, 6.07) is 3.82. The third-order valence-corrected chi connectivity index (χ3v) is 5.11. The number of hydrogen-bond donors (Lipinski definition) is 1. The number of nitrogens with one attached hydrogen (secondary N) is 1. The summed E-state index contributed by atoms with van der Waals surface area (Å²) in [4.78, 5) is 24.4.